The number of carboxylic acid groups (broad SMARTS) is 2. The summed E-state index contributed by atoms with van der Waals surface area (Å²) in [6, 6.07) is 59.0. The van der Waals surface area contributed by atoms with Crippen LogP contribution < -0.4 is 65.8 Å². The quantitative estimate of drug-likeness (QED) is 0.116. The molecule has 0 aliphatic heterocycles. The molecular weight excluding hydrogens is 914 g/mol. The lowest BCUT2D eigenvalue weighted by molar-refractivity contribution is -0.165. The van der Waals surface area contributed by atoms with Crippen LogP contribution in [0.5, 0.6) is 0 Å². The van der Waals surface area contributed by atoms with Gasteiger partial charge in [-0.1, -0.05) is 109 Å². The van der Waals surface area contributed by atoms with Gasteiger partial charge in [0.1, 0.15) is 52.8 Å². The molecule has 0 heterocycles. The smallest absolute Gasteiger partial charge is 0.374 e. The lowest BCUT2D eigenvalue weighted by Gasteiger charge is -2.29. The van der Waals surface area contributed by atoms with Crippen molar-refractivity contribution >= 4 is 58.3 Å². The zero-order valence-electron chi connectivity index (χ0n) is 31.4. The first-order chi connectivity index (χ1) is 26.9. The molecule has 0 aromatic heterocycles. The molecule has 0 aliphatic rings. The van der Waals surface area contributed by atoms with Gasteiger partial charge in [0.15, 0.2) is 0 Å². The van der Waals surface area contributed by atoms with Crippen LogP contribution in [-0.2, 0) is 9.59 Å². The van der Waals surface area contributed by atoms with Gasteiger partial charge >= 0.3 is 17.9 Å². The minimum absolute atomic E-state index is 0. The molecule has 4 nitrogen and oxygen atoms in total. The first-order valence-corrected chi connectivity index (χ1v) is 22.2. The second kappa shape index (κ2) is 22.2. The Morgan fingerprint density at radius 2 is 0.690 bits per heavy atom. The van der Waals surface area contributed by atoms with Crippen LogP contribution >= 0.6 is 14.5 Å². The Balaban J connectivity index is 0.000000300. The van der Waals surface area contributed by atoms with Crippen molar-refractivity contribution in [2.75, 3.05) is 12.3 Å². The van der Waals surface area contributed by atoms with Crippen LogP contribution in [0.25, 0.3) is 0 Å². The minimum Gasteiger partial charge on any atom is -1.00 e. The molecule has 6 rings (SSSR count). The molecule has 0 spiro atoms. The molecule has 304 valence electrons. The number of alkyl halides is 4. The lowest BCUT2D eigenvalue weighted by Crippen LogP contribution is -3.00. The van der Waals surface area contributed by atoms with Gasteiger partial charge in [0.25, 0.3) is 5.92 Å². The number of carboxylic acids is 2. The van der Waals surface area contributed by atoms with E-state index < -0.39 is 57.6 Å². The second-order valence-corrected chi connectivity index (χ2v) is 20.6. The maximum absolute atomic E-state index is 14.4. The zero-order chi connectivity index (χ0) is 40.1. The molecule has 6 aromatic carbocycles. The van der Waals surface area contributed by atoms with E-state index in [9.17, 15) is 27.2 Å². The number of hydrogen-bond acceptors (Lipinski definition) is 2. The molecule has 0 atom stereocenters. The van der Waals surface area contributed by atoms with Crippen LogP contribution in [0.2, 0.25) is 0 Å². The van der Waals surface area contributed by atoms with E-state index in [0.717, 1.165) is 31.8 Å². The van der Waals surface area contributed by atoms with Crippen LogP contribution in [0.3, 0.4) is 0 Å². The Labute approximate surface area is 359 Å². The molecule has 0 saturated heterocycles. The molecule has 0 bridgehead atoms. The van der Waals surface area contributed by atoms with Crippen molar-refractivity contribution in [3.63, 3.8) is 0 Å². The monoisotopic (exact) mass is 956 g/mol. The fraction of sp³-hybridized carbons (Fsp3) is 0.174. The standard InChI is InChI=1S/2C23H21F2O2P.2BrH/c24-23(25,22(26)27)17-10-18-28(19-11-4-1-5-12-19,20-13-6-2-7-14-20)21-15-8-3-9-16-21;24-23(25,18-22(26)27)16-17-28(19-10-4-1-5-11-19,20-12-6-2-7-13-20)21-14-8-3-9-15-21;;/h1-9,11-16H,10,17-18H2;1-15H,16-18H2;2*1H. The second-order valence-electron chi connectivity index (χ2n) is 13.4. The third kappa shape index (κ3) is 11.9. The summed E-state index contributed by atoms with van der Waals surface area (Å²) in [5, 5.41) is 24.0. The Hall–Kier alpha value is -4.20. The number of aliphatic carboxylic acids is 2. The third-order valence-corrected chi connectivity index (χ3v) is 18.7. The largest absolute Gasteiger partial charge is 1.00 e. The number of hydrogen-bond donors (Lipinski definition) is 2. The maximum Gasteiger partial charge on any atom is 0.374 e. The summed E-state index contributed by atoms with van der Waals surface area (Å²) in [6.45, 7) is 0. The van der Waals surface area contributed by atoms with E-state index in [2.05, 4.69) is 0 Å². The average molecular weight is 959 g/mol. The summed E-state index contributed by atoms with van der Waals surface area (Å²) in [5.41, 5.74) is 0. The molecule has 58 heavy (non-hydrogen) atoms. The van der Waals surface area contributed by atoms with Crippen LogP contribution in [-0.4, -0.2) is 46.3 Å². The van der Waals surface area contributed by atoms with Crippen molar-refractivity contribution in [2.24, 2.45) is 0 Å². The minimum atomic E-state index is -3.71. The lowest BCUT2D eigenvalue weighted by atomic mass is 10.2. The summed E-state index contributed by atoms with van der Waals surface area (Å²) in [5.74, 6) is -10.5. The number of carbonyl (C=O) groups is 2. The van der Waals surface area contributed by atoms with E-state index in [1.165, 1.54) is 0 Å². The molecule has 0 unspecified atom stereocenters. The molecule has 6 aromatic rings. The first-order valence-electron chi connectivity index (χ1n) is 18.2. The van der Waals surface area contributed by atoms with Gasteiger partial charge in [0.05, 0.1) is 12.3 Å². The van der Waals surface area contributed by atoms with Crippen LogP contribution in [0.15, 0.2) is 182 Å². The number of halogens is 6. The van der Waals surface area contributed by atoms with Crippen LogP contribution in [0.4, 0.5) is 17.6 Å². The van der Waals surface area contributed by atoms with Crippen molar-refractivity contribution in [3.8, 4) is 0 Å². The molecule has 0 aliphatic carbocycles. The van der Waals surface area contributed by atoms with E-state index in [4.69, 9.17) is 10.2 Å². The number of benzene rings is 6. The summed E-state index contributed by atoms with van der Waals surface area (Å²) in [4.78, 5) is 21.7. The van der Waals surface area contributed by atoms with Crippen molar-refractivity contribution in [1.29, 1.82) is 0 Å². The topological polar surface area (TPSA) is 74.6 Å². The molecule has 12 heteroatoms. The fourth-order valence-electron chi connectivity index (χ4n) is 7.05. The van der Waals surface area contributed by atoms with Gasteiger partial charge in [0, 0.05) is 12.8 Å². The highest BCUT2D eigenvalue weighted by Crippen LogP contribution is 2.57. The molecule has 0 radical (unpaired) electrons. The van der Waals surface area contributed by atoms with Gasteiger partial charge in [-0.25, -0.2) is 13.6 Å². The normalized spacial score (nSPS) is 11.5. The van der Waals surface area contributed by atoms with Crippen molar-refractivity contribution in [1.82, 2.24) is 0 Å². The van der Waals surface area contributed by atoms with Crippen molar-refractivity contribution in [3.05, 3.63) is 182 Å². The van der Waals surface area contributed by atoms with Crippen molar-refractivity contribution < 1.29 is 71.3 Å². The first kappa shape index (κ1) is 48.2. The Bertz CT molecular complexity index is 1930. The summed E-state index contributed by atoms with van der Waals surface area (Å²) < 4.78 is 56.3. The summed E-state index contributed by atoms with van der Waals surface area (Å²) in [6.07, 6.45) is -1.50. The average Bonchev–Trinajstić information content (AvgIpc) is 3.22. The predicted molar refractivity (Wildman–Crippen MR) is 224 cm³/mol. The molecule has 2 N–H and O–H groups in total. The van der Waals surface area contributed by atoms with Gasteiger partial charge in [-0.15, -0.1) is 0 Å². The highest BCUT2D eigenvalue weighted by atomic mass is 79.9. The Kier molecular flexibility index (Phi) is 18.5. The number of rotatable bonds is 16. The Morgan fingerprint density at radius 1 is 0.431 bits per heavy atom. The summed E-state index contributed by atoms with van der Waals surface area (Å²) >= 11 is 0. The van der Waals surface area contributed by atoms with E-state index in [1.54, 1.807) is 0 Å². The van der Waals surface area contributed by atoms with Gasteiger partial charge in [0.2, 0.25) is 0 Å². The van der Waals surface area contributed by atoms with E-state index in [0.29, 0.717) is 6.16 Å². The molecule has 0 amide bonds. The molecular formula is C46H44Br2F4O4P2. The van der Waals surface area contributed by atoms with E-state index in [-0.39, 0.29) is 46.5 Å². The van der Waals surface area contributed by atoms with Crippen LogP contribution in [0, 0.1) is 0 Å². The highest BCUT2D eigenvalue weighted by Gasteiger charge is 2.49. The third-order valence-electron chi connectivity index (χ3n) is 9.70. The Morgan fingerprint density at radius 3 is 0.931 bits per heavy atom. The van der Waals surface area contributed by atoms with Gasteiger partial charge in [-0.05, 0) is 79.2 Å². The van der Waals surface area contributed by atoms with E-state index >= 15 is 0 Å². The zero-order valence-corrected chi connectivity index (χ0v) is 36.4. The maximum atomic E-state index is 14.4. The molecule has 0 fully saturated rings. The fourth-order valence-corrected chi connectivity index (χ4v) is 15.8. The van der Waals surface area contributed by atoms with E-state index in [1.807, 2.05) is 182 Å². The SMILES string of the molecule is O=C(O)C(F)(F)CCC[P+](c1ccccc1)(c1ccccc1)c1ccccc1.O=C(O)CC(F)(F)CC[P+](c1ccccc1)(c1ccccc1)c1ccccc1.[Br-].[Br-]. The van der Waals surface area contributed by atoms with Gasteiger partial charge < -0.3 is 44.2 Å². The van der Waals surface area contributed by atoms with Gasteiger partial charge in [-0.2, -0.15) is 8.78 Å². The van der Waals surface area contributed by atoms with Gasteiger partial charge in [-0.3, -0.25) is 4.79 Å². The predicted octanol–water partition coefficient (Wildman–Crippen LogP) is 2.97. The van der Waals surface area contributed by atoms with Crippen molar-refractivity contribution in [2.45, 2.75) is 37.5 Å². The van der Waals surface area contributed by atoms with Crippen LogP contribution in [0.1, 0.15) is 25.7 Å². The summed E-state index contributed by atoms with van der Waals surface area (Å²) in [7, 11) is -4.56. The highest BCUT2D eigenvalue weighted by molar-refractivity contribution is 7.96. The molecule has 0 saturated carbocycles.